The third-order valence-electron chi connectivity index (χ3n) is 3.68. The standard InChI is InChI=1S/C17H13IN2O2/c18-12-3-1-2-11(8-12)16(21)19-13-6-7-15-14(9-13)20-17(22-15)10-4-5-10/h1-3,6-10H,4-5H2,(H,19,21). The second kappa shape index (κ2) is 5.39. The summed E-state index contributed by atoms with van der Waals surface area (Å²) in [5.41, 5.74) is 2.94. The topological polar surface area (TPSA) is 55.1 Å². The first-order valence-corrected chi connectivity index (χ1v) is 8.24. The van der Waals surface area contributed by atoms with E-state index in [2.05, 4.69) is 32.9 Å². The van der Waals surface area contributed by atoms with Gasteiger partial charge in [0.25, 0.3) is 5.91 Å². The molecule has 0 atom stereocenters. The zero-order valence-corrected chi connectivity index (χ0v) is 13.8. The molecule has 4 rings (SSSR count). The van der Waals surface area contributed by atoms with Crippen molar-refractivity contribution < 1.29 is 9.21 Å². The lowest BCUT2D eigenvalue weighted by Gasteiger charge is -2.05. The summed E-state index contributed by atoms with van der Waals surface area (Å²) in [4.78, 5) is 16.8. The summed E-state index contributed by atoms with van der Waals surface area (Å²) in [6, 6.07) is 13.1. The van der Waals surface area contributed by atoms with Crippen molar-refractivity contribution >= 4 is 45.3 Å². The molecule has 1 saturated carbocycles. The molecule has 1 aromatic heterocycles. The zero-order chi connectivity index (χ0) is 15.1. The Balaban J connectivity index is 1.59. The average Bonchev–Trinajstić information content (AvgIpc) is 3.27. The number of benzene rings is 2. The molecule has 5 heteroatoms. The molecule has 0 saturated heterocycles. The number of hydrogen-bond donors (Lipinski definition) is 1. The summed E-state index contributed by atoms with van der Waals surface area (Å²) < 4.78 is 6.76. The molecule has 2 aromatic carbocycles. The van der Waals surface area contributed by atoms with Gasteiger partial charge in [0.1, 0.15) is 5.52 Å². The number of nitrogens with one attached hydrogen (secondary N) is 1. The fourth-order valence-electron chi connectivity index (χ4n) is 2.36. The summed E-state index contributed by atoms with van der Waals surface area (Å²) in [6.45, 7) is 0. The van der Waals surface area contributed by atoms with Crippen molar-refractivity contribution in [3.05, 3.63) is 57.5 Å². The van der Waals surface area contributed by atoms with Crippen LogP contribution in [-0.4, -0.2) is 10.9 Å². The van der Waals surface area contributed by atoms with Gasteiger partial charge in [0.15, 0.2) is 11.5 Å². The van der Waals surface area contributed by atoms with Crippen LogP contribution in [0, 0.1) is 3.57 Å². The largest absolute Gasteiger partial charge is 0.440 e. The Morgan fingerprint density at radius 2 is 2.09 bits per heavy atom. The number of aromatic nitrogens is 1. The Morgan fingerprint density at radius 1 is 1.23 bits per heavy atom. The maximum atomic E-state index is 12.3. The normalized spacial score (nSPS) is 14.2. The highest BCUT2D eigenvalue weighted by atomic mass is 127. The Kier molecular flexibility index (Phi) is 3.37. The number of nitrogens with zero attached hydrogens (tertiary/aromatic N) is 1. The van der Waals surface area contributed by atoms with Gasteiger partial charge in [-0.2, -0.15) is 0 Å². The number of hydrogen-bond acceptors (Lipinski definition) is 3. The molecular weight excluding hydrogens is 391 g/mol. The van der Waals surface area contributed by atoms with Crippen molar-refractivity contribution in [3.8, 4) is 0 Å². The minimum absolute atomic E-state index is 0.122. The molecule has 1 N–H and O–H groups in total. The van der Waals surface area contributed by atoms with Crippen LogP contribution >= 0.6 is 22.6 Å². The van der Waals surface area contributed by atoms with E-state index in [1.165, 1.54) is 0 Å². The number of carbonyl (C=O) groups excluding carboxylic acids is 1. The van der Waals surface area contributed by atoms with Gasteiger partial charge in [0, 0.05) is 20.7 Å². The second-order valence-corrected chi connectivity index (χ2v) is 6.72. The number of amides is 1. The maximum absolute atomic E-state index is 12.3. The molecule has 0 radical (unpaired) electrons. The van der Waals surface area contributed by atoms with E-state index in [1.54, 1.807) is 6.07 Å². The number of anilines is 1. The van der Waals surface area contributed by atoms with Gasteiger partial charge >= 0.3 is 0 Å². The van der Waals surface area contributed by atoms with Crippen LogP contribution < -0.4 is 5.32 Å². The lowest BCUT2D eigenvalue weighted by atomic mass is 10.2. The first-order valence-electron chi connectivity index (χ1n) is 7.16. The summed E-state index contributed by atoms with van der Waals surface area (Å²) in [6.07, 6.45) is 2.31. The molecule has 0 unspecified atom stereocenters. The van der Waals surface area contributed by atoms with Crippen LogP contribution in [0.2, 0.25) is 0 Å². The third-order valence-corrected chi connectivity index (χ3v) is 4.35. The highest BCUT2D eigenvalue weighted by Crippen LogP contribution is 2.40. The molecule has 1 aliphatic carbocycles. The quantitative estimate of drug-likeness (QED) is 0.652. The molecular formula is C17H13IN2O2. The fraction of sp³-hybridized carbons (Fsp3) is 0.176. The van der Waals surface area contributed by atoms with Crippen LogP contribution in [-0.2, 0) is 0 Å². The molecule has 0 aliphatic heterocycles. The van der Waals surface area contributed by atoms with Gasteiger partial charge in [-0.05, 0) is 71.8 Å². The molecule has 1 aliphatic rings. The highest BCUT2D eigenvalue weighted by molar-refractivity contribution is 14.1. The first kappa shape index (κ1) is 13.8. The van der Waals surface area contributed by atoms with Gasteiger partial charge in [-0.25, -0.2) is 4.98 Å². The summed E-state index contributed by atoms with van der Waals surface area (Å²) in [7, 11) is 0. The Morgan fingerprint density at radius 3 is 2.86 bits per heavy atom. The summed E-state index contributed by atoms with van der Waals surface area (Å²) >= 11 is 2.19. The number of carbonyl (C=O) groups is 1. The summed E-state index contributed by atoms with van der Waals surface area (Å²) in [5.74, 6) is 1.18. The van der Waals surface area contributed by atoms with Gasteiger partial charge in [0.2, 0.25) is 0 Å². The van der Waals surface area contributed by atoms with Gasteiger partial charge < -0.3 is 9.73 Å². The van der Waals surface area contributed by atoms with E-state index in [0.717, 1.165) is 39.1 Å². The van der Waals surface area contributed by atoms with Crippen molar-refractivity contribution in [2.45, 2.75) is 18.8 Å². The molecule has 110 valence electrons. The van der Waals surface area contributed by atoms with Gasteiger partial charge in [0.05, 0.1) is 0 Å². The fourth-order valence-corrected chi connectivity index (χ4v) is 2.90. The number of fused-ring (bicyclic) bond motifs is 1. The molecule has 0 bridgehead atoms. The van der Waals surface area contributed by atoms with Crippen LogP contribution in [0.1, 0.15) is 35.0 Å². The van der Waals surface area contributed by atoms with Gasteiger partial charge in [-0.1, -0.05) is 6.07 Å². The second-order valence-electron chi connectivity index (χ2n) is 5.47. The van der Waals surface area contributed by atoms with Crippen LogP contribution in [0.4, 0.5) is 5.69 Å². The Labute approximate surface area is 141 Å². The molecule has 1 fully saturated rings. The van der Waals surface area contributed by atoms with E-state index < -0.39 is 0 Å². The van der Waals surface area contributed by atoms with E-state index in [-0.39, 0.29) is 5.91 Å². The van der Waals surface area contributed by atoms with Crippen molar-refractivity contribution in [1.29, 1.82) is 0 Å². The average molecular weight is 404 g/mol. The Hall–Kier alpha value is -1.89. The van der Waals surface area contributed by atoms with Crippen LogP contribution in [0.3, 0.4) is 0 Å². The molecule has 3 aromatic rings. The number of rotatable bonds is 3. The van der Waals surface area contributed by atoms with E-state index in [4.69, 9.17) is 4.42 Å². The van der Waals surface area contributed by atoms with Crippen LogP contribution in [0.5, 0.6) is 0 Å². The lowest BCUT2D eigenvalue weighted by Crippen LogP contribution is -2.11. The summed E-state index contributed by atoms with van der Waals surface area (Å²) in [5, 5.41) is 2.91. The van der Waals surface area contributed by atoms with Crippen LogP contribution in [0.25, 0.3) is 11.1 Å². The number of oxazole rings is 1. The first-order chi connectivity index (χ1) is 10.7. The van der Waals surface area contributed by atoms with E-state index in [1.807, 2.05) is 36.4 Å². The number of halogens is 1. The molecule has 1 heterocycles. The van der Waals surface area contributed by atoms with E-state index in [9.17, 15) is 4.79 Å². The predicted octanol–water partition coefficient (Wildman–Crippen LogP) is 4.56. The minimum Gasteiger partial charge on any atom is -0.440 e. The predicted molar refractivity (Wildman–Crippen MR) is 93.1 cm³/mol. The van der Waals surface area contributed by atoms with E-state index in [0.29, 0.717) is 11.5 Å². The molecule has 22 heavy (non-hydrogen) atoms. The van der Waals surface area contributed by atoms with Gasteiger partial charge in [-0.3, -0.25) is 4.79 Å². The van der Waals surface area contributed by atoms with Crippen LogP contribution in [0.15, 0.2) is 46.9 Å². The van der Waals surface area contributed by atoms with Crippen molar-refractivity contribution in [3.63, 3.8) is 0 Å². The zero-order valence-electron chi connectivity index (χ0n) is 11.7. The SMILES string of the molecule is O=C(Nc1ccc2oc(C3CC3)nc2c1)c1cccc(I)c1. The van der Waals surface area contributed by atoms with Crippen molar-refractivity contribution in [2.24, 2.45) is 0 Å². The van der Waals surface area contributed by atoms with E-state index >= 15 is 0 Å². The van der Waals surface area contributed by atoms with Crippen molar-refractivity contribution in [2.75, 3.05) is 5.32 Å². The smallest absolute Gasteiger partial charge is 0.255 e. The third kappa shape index (κ3) is 2.72. The molecule has 0 spiro atoms. The van der Waals surface area contributed by atoms with Gasteiger partial charge in [-0.15, -0.1) is 0 Å². The maximum Gasteiger partial charge on any atom is 0.255 e. The molecule has 1 amide bonds. The van der Waals surface area contributed by atoms with Crippen molar-refractivity contribution in [1.82, 2.24) is 4.98 Å². The highest BCUT2D eigenvalue weighted by Gasteiger charge is 2.28. The Bertz CT molecular complexity index is 868. The lowest BCUT2D eigenvalue weighted by molar-refractivity contribution is 0.102. The monoisotopic (exact) mass is 404 g/mol. The molecule has 4 nitrogen and oxygen atoms in total. The minimum atomic E-state index is -0.122.